The lowest BCUT2D eigenvalue weighted by Crippen LogP contribution is -2.50. The Morgan fingerprint density at radius 1 is 1.11 bits per heavy atom. The van der Waals surface area contributed by atoms with Gasteiger partial charge in [0.1, 0.15) is 9.84 Å². The Kier molecular flexibility index (Phi) is 5.26. The van der Waals surface area contributed by atoms with Crippen LogP contribution in [0.2, 0.25) is 0 Å². The summed E-state index contributed by atoms with van der Waals surface area (Å²) in [5.74, 6) is 0. The maximum atomic E-state index is 11.8. The Bertz CT molecular complexity index is 378. The third kappa shape index (κ3) is 3.92. The van der Waals surface area contributed by atoms with Crippen molar-refractivity contribution in [1.82, 2.24) is 4.90 Å². The minimum absolute atomic E-state index is 0.150. The number of aliphatic hydroxyl groups excluding tert-OH is 1. The molecule has 0 spiro atoms. The highest BCUT2D eigenvalue weighted by Crippen LogP contribution is 2.33. The summed E-state index contributed by atoms with van der Waals surface area (Å²) >= 11 is 0. The zero-order chi connectivity index (χ0) is 13.9. The van der Waals surface area contributed by atoms with Crippen LogP contribution in [0.1, 0.15) is 51.4 Å². The quantitative estimate of drug-likeness (QED) is 0.806. The number of rotatable bonds is 6. The van der Waals surface area contributed by atoms with Crippen molar-refractivity contribution in [3.05, 3.63) is 0 Å². The van der Waals surface area contributed by atoms with Gasteiger partial charge in [-0.25, -0.2) is 8.42 Å². The molecule has 2 rings (SSSR count). The van der Waals surface area contributed by atoms with E-state index in [9.17, 15) is 8.42 Å². The Morgan fingerprint density at radius 3 is 2.26 bits per heavy atom. The van der Waals surface area contributed by atoms with Gasteiger partial charge in [-0.15, -0.1) is 0 Å². The number of hydrogen-bond donors (Lipinski definition) is 1. The van der Waals surface area contributed by atoms with Gasteiger partial charge < -0.3 is 5.11 Å². The van der Waals surface area contributed by atoms with E-state index in [4.69, 9.17) is 5.11 Å². The van der Waals surface area contributed by atoms with Crippen molar-refractivity contribution in [2.45, 2.75) is 68.7 Å². The lowest BCUT2D eigenvalue weighted by Gasteiger charge is -2.45. The average molecular weight is 289 g/mol. The van der Waals surface area contributed by atoms with Crippen molar-refractivity contribution in [2.75, 3.05) is 19.4 Å². The van der Waals surface area contributed by atoms with E-state index < -0.39 is 9.84 Å². The normalized spacial score (nSPS) is 29.4. The highest BCUT2D eigenvalue weighted by Gasteiger charge is 2.35. The van der Waals surface area contributed by atoms with Crippen LogP contribution in [0.25, 0.3) is 0 Å². The minimum atomic E-state index is -2.90. The first-order valence-electron chi connectivity index (χ1n) is 7.58. The molecule has 0 aromatic carbocycles. The molecule has 0 aliphatic heterocycles. The molecule has 2 aliphatic rings. The van der Waals surface area contributed by atoms with Gasteiger partial charge >= 0.3 is 0 Å². The van der Waals surface area contributed by atoms with E-state index in [1.165, 1.54) is 25.5 Å². The Labute approximate surface area is 117 Å². The first-order valence-corrected chi connectivity index (χ1v) is 9.53. The molecule has 2 aliphatic carbocycles. The smallest absolute Gasteiger partial charge is 0.150 e. The molecule has 4 nitrogen and oxygen atoms in total. The van der Waals surface area contributed by atoms with Crippen LogP contribution >= 0.6 is 0 Å². The lowest BCUT2D eigenvalue weighted by molar-refractivity contribution is 0.0545. The molecule has 1 N–H and O–H groups in total. The molecule has 0 saturated heterocycles. The summed E-state index contributed by atoms with van der Waals surface area (Å²) in [6.45, 7) is 1.15. The average Bonchev–Trinajstić information content (AvgIpc) is 2.31. The fourth-order valence-electron chi connectivity index (χ4n) is 3.45. The highest BCUT2D eigenvalue weighted by atomic mass is 32.2. The van der Waals surface area contributed by atoms with E-state index in [0.717, 1.165) is 38.6 Å². The molecule has 0 radical (unpaired) electrons. The lowest BCUT2D eigenvalue weighted by atomic mass is 9.86. The van der Waals surface area contributed by atoms with Gasteiger partial charge in [0.2, 0.25) is 0 Å². The predicted octanol–water partition coefficient (Wildman–Crippen LogP) is 1.58. The second kappa shape index (κ2) is 6.55. The van der Waals surface area contributed by atoms with Gasteiger partial charge in [-0.3, -0.25) is 4.90 Å². The second-order valence-corrected chi connectivity index (χ2v) is 8.50. The molecule has 2 saturated carbocycles. The third-order valence-corrected chi connectivity index (χ3v) is 6.43. The van der Waals surface area contributed by atoms with Gasteiger partial charge in [0, 0.05) is 31.5 Å². The van der Waals surface area contributed by atoms with Crippen LogP contribution in [0.5, 0.6) is 0 Å². The fraction of sp³-hybridized carbons (Fsp3) is 1.00. The van der Waals surface area contributed by atoms with Crippen molar-refractivity contribution >= 4 is 9.84 Å². The fourth-order valence-corrected chi connectivity index (χ4v) is 4.61. The van der Waals surface area contributed by atoms with Crippen LogP contribution in [0.4, 0.5) is 0 Å². The van der Waals surface area contributed by atoms with Gasteiger partial charge in [-0.05, 0) is 38.5 Å². The molecular formula is C14H27NO3S. The number of nitrogens with zero attached hydrogens (tertiary/aromatic N) is 1. The molecule has 2 fully saturated rings. The number of aliphatic hydroxyl groups is 1. The second-order valence-electron chi connectivity index (χ2n) is 6.17. The largest absolute Gasteiger partial charge is 0.396 e. The van der Waals surface area contributed by atoms with E-state index in [1.807, 2.05) is 0 Å². The summed E-state index contributed by atoms with van der Waals surface area (Å²) in [5.41, 5.74) is 0. The summed E-state index contributed by atoms with van der Waals surface area (Å²) in [5, 5.41) is 8.89. The molecule has 0 amide bonds. The predicted molar refractivity (Wildman–Crippen MR) is 76.9 cm³/mol. The van der Waals surface area contributed by atoms with E-state index in [2.05, 4.69) is 4.90 Å². The molecule has 0 heterocycles. The standard InChI is InChI=1S/C14H27NO3S/c1-19(17,18)14-8-3-7-13(11-14)15(9-4-10-16)12-5-2-6-12/h12-14,16H,2-11H2,1H3. The zero-order valence-corrected chi connectivity index (χ0v) is 12.7. The van der Waals surface area contributed by atoms with Crippen molar-refractivity contribution in [2.24, 2.45) is 0 Å². The molecule has 2 unspecified atom stereocenters. The van der Waals surface area contributed by atoms with Crippen LogP contribution < -0.4 is 0 Å². The molecule has 0 aromatic heterocycles. The number of sulfone groups is 1. The van der Waals surface area contributed by atoms with Gasteiger partial charge in [0.25, 0.3) is 0 Å². The molecule has 0 aromatic rings. The van der Waals surface area contributed by atoms with E-state index in [1.54, 1.807) is 0 Å². The minimum Gasteiger partial charge on any atom is -0.396 e. The molecule has 0 bridgehead atoms. The third-order valence-electron chi connectivity index (χ3n) is 4.79. The monoisotopic (exact) mass is 289 g/mol. The molecule has 112 valence electrons. The Balaban J connectivity index is 1.99. The van der Waals surface area contributed by atoms with Crippen molar-refractivity contribution in [3.8, 4) is 0 Å². The topological polar surface area (TPSA) is 57.6 Å². The van der Waals surface area contributed by atoms with Crippen molar-refractivity contribution in [1.29, 1.82) is 0 Å². The molecule has 19 heavy (non-hydrogen) atoms. The summed E-state index contributed by atoms with van der Waals surface area (Å²) in [7, 11) is -2.90. The Hall–Kier alpha value is -0.130. The highest BCUT2D eigenvalue weighted by molar-refractivity contribution is 7.91. The zero-order valence-electron chi connectivity index (χ0n) is 11.9. The Morgan fingerprint density at radius 2 is 1.74 bits per heavy atom. The van der Waals surface area contributed by atoms with Crippen LogP contribution in [-0.4, -0.2) is 55.2 Å². The van der Waals surface area contributed by atoms with Crippen LogP contribution in [0, 0.1) is 0 Å². The van der Waals surface area contributed by atoms with E-state index in [0.29, 0.717) is 12.1 Å². The van der Waals surface area contributed by atoms with Crippen molar-refractivity contribution in [3.63, 3.8) is 0 Å². The van der Waals surface area contributed by atoms with Crippen LogP contribution in [0.15, 0.2) is 0 Å². The number of hydrogen-bond acceptors (Lipinski definition) is 4. The summed E-state index contributed by atoms with van der Waals surface area (Å²) in [6, 6.07) is 1.04. The van der Waals surface area contributed by atoms with Gasteiger partial charge in [-0.2, -0.15) is 0 Å². The van der Waals surface area contributed by atoms with Gasteiger partial charge in [-0.1, -0.05) is 12.8 Å². The van der Waals surface area contributed by atoms with Gasteiger partial charge in [0.15, 0.2) is 0 Å². The molecular weight excluding hydrogens is 262 g/mol. The molecule has 2 atom stereocenters. The maximum Gasteiger partial charge on any atom is 0.150 e. The summed E-state index contributed by atoms with van der Waals surface area (Å²) in [4.78, 5) is 2.50. The van der Waals surface area contributed by atoms with Crippen molar-refractivity contribution < 1.29 is 13.5 Å². The van der Waals surface area contributed by atoms with E-state index in [-0.39, 0.29) is 11.9 Å². The maximum absolute atomic E-state index is 11.8. The first-order chi connectivity index (χ1) is 9.02. The molecule has 5 heteroatoms. The summed E-state index contributed by atoms with van der Waals surface area (Å²) < 4.78 is 23.5. The van der Waals surface area contributed by atoms with E-state index >= 15 is 0 Å². The van der Waals surface area contributed by atoms with Crippen LogP contribution in [0.3, 0.4) is 0 Å². The van der Waals surface area contributed by atoms with Gasteiger partial charge in [0.05, 0.1) is 5.25 Å². The first kappa shape index (κ1) is 15.3. The van der Waals surface area contributed by atoms with Crippen LogP contribution in [-0.2, 0) is 9.84 Å². The summed E-state index contributed by atoms with van der Waals surface area (Å²) in [6.07, 6.45) is 9.71. The SMILES string of the molecule is CS(=O)(=O)C1CCCC(N(CCCO)C2CCC2)C1.